The van der Waals surface area contributed by atoms with Crippen LogP contribution >= 0.6 is 0 Å². The van der Waals surface area contributed by atoms with E-state index in [4.69, 9.17) is 14.2 Å². The van der Waals surface area contributed by atoms with Gasteiger partial charge in [-0.1, -0.05) is 0 Å². The van der Waals surface area contributed by atoms with Crippen molar-refractivity contribution in [2.45, 2.75) is 58.7 Å². The maximum absolute atomic E-state index is 12.2. The van der Waals surface area contributed by atoms with Crippen LogP contribution in [-0.4, -0.2) is 53.3 Å². The van der Waals surface area contributed by atoms with Gasteiger partial charge in [0.2, 0.25) is 0 Å². The van der Waals surface area contributed by atoms with Gasteiger partial charge in [-0.3, -0.25) is 4.90 Å². The first kappa shape index (κ1) is 17.3. The molecular weight excluding hydrogens is 278 g/mol. The molecule has 21 heavy (non-hydrogen) atoms. The van der Waals surface area contributed by atoms with E-state index < -0.39 is 35.2 Å². The normalized spacial score (nSPS) is 19.7. The number of hydrogen-bond acceptors (Lipinski definition) is 6. The predicted molar refractivity (Wildman–Crippen MR) is 73.5 cm³/mol. The van der Waals surface area contributed by atoms with Crippen LogP contribution in [0.4, 0.5) is 4.79 Å². The van der Waals surface area contributed by atoms with Crippen LogP contribution in [0, 0.1) is 0 Å². The number of carbonyl (C=O) groups is 3. The molecule has 0 aromatic carbocycles. The Morgan fingerprint density at radius 3 is 1.81 bits per heavy atom. The highest BCUT2D eigenvalue weighted by Gasteiger charge is 2.76. The molecule has 0 saturated carbocycles. The summed E-state index contributed by atoms with van der Waals surface area (Å²) in [4.78, 5) is 37.5. The highest BCUT2D eigenvalue weighted by molar-refractivity contribution is 6.13. The standard InChI is InChI=1S/C14H23NO6/c1-7-19-10(16)14(11(17)20-8-2)9(3)15(14)12(18)21-13(4,5)6/h9H,7-8H2,1-6H3. The molecule has 1 amide bonds. The smallest absolute Gasteiger partial charge is 0.412 e. The van der Waals surface area contributed by atoms with E-state index in [0.717, 1.165) is 4.90 Å². The molecule has 1 aliphatic rings. The van der Waals surface area contributed by atoms with Gasteiger partial charge in [0.15, 0.2) is 0 Å². The molecule has 1 atom stereocenters. The summed E-state index contributed by atoms with van der Waals surface area (Å²) in [6, 6.07) is -0.662. The Morgan fingerprint density at radius 1 is 1.05 bits per heavy atom. The fourth-order valence-corrected chi connectivity index (χ4v) is 2.14. The number of carbonyl (C=O) groups excluding carboxylic acids is 3. The summed E-state index contributed by atoms with van der Waals surface area (Å²) in [6.07, 6.45) is -0.740. The van der Waals surface area contributed by atoms with Crippen LogP contribution < -0.4 is 0 Å². The van der Waals surface area contributed by atoms with E-state index in [-0.39, 0.29) is 13.2 Å². The Balaban J connectivity index is 3.03. The lowest BCUT2D eigenvalue weighted by Gasteiger charge is -2.21. The minimum Gasteiger partial charge on any atom is -0.464 e. The van der Waals surface area contributed by atoms with Gasteiger partial charge in [-0.05, 0) is 41.5 Å². The summed E-state index contributed by atoms with van der Waals surface area (Å²) < 4.78 is 15.1. The van der Waals surface area contributed by atoms with Crippen molar-refractivity contribution in [3.63, 3.8) is 0 Å². The lowest BCUT2D eigenvalue weighted by molar-refractivity contribution is -0.161. The molecule has 0 N–H and O–H groups in total. The van der Waals surface area contributed by atoms with Crippen LogP contribution in [0.3, 0.4) is 0 Å². The zero-order valence-electron chi connectivity index (χ0n) is 13.4. The van der Waals surface area contributed by atoms with Crippen LogP contribution in [0.15, 0.2) is 0 Å². The molecule has 1 rings (SSSR count). The average Bonchev–Trinajstić information content (AvgIpc) is 2.95. The quantitative estimate of drug-likeness (QED) is 0.339. The van der Waals surface area contributed by atoms with Gasteiger partial charge in [0, 0.05) is 0 Å². The molecule has 0 aromatic rings. The van der Waals surface area contributed by atoms with Gasteiger partial charge in [0.1, 0.15) is 5.60 Å². The molecule has 7 nitrogen and oxygen atoms in total. The Labute approximate surface area is 124 Å². The van der Waals surface area contributed by atoms with Gasteiger partial charge in [-0.2, -0.15) is 0 Å². The van der Waals surface area contributed by atoms with Crippen molar-refractivity contribution in [2.24, 2.45) is 0 Å². The SMILES string of the molecule is CCOC(=O)C1(C(=O)OCC)C(C)N1C(=O)OC(C)(C)C. The van der Waals surface area contributed by atoms with Crippen LogP contribution in [0.25, 0.3) is 0 Å². The largest absolute Gasteiger partial charge is 0.464 e. The Bertz CT molecular complexity index is 421. The third-order valence-electron chi connectivity index (χ3n) is 3.07. The summed E-state index contributed by atoms with van der Waals surface area (Å²) in [5.74, 6) is -1.58. The highest BCUT2D eigenvalue weighted by atomic mass is 16.6. The molecule has 1 saturated heterocycles. The molecule has 0 aliphatic carbocycles. The van der Waals surface area contributed by atoms with Crippen molar-refractivity contribution in [2.75, 3.05) is 13.2 Å². The van der Waals surface area contributed by atoms with Crippen molar-refractivity contribution in [1.82, 2.24) is 4.90 Å². The van der Waals surface area contributed by atoms with Gasteiger partial charge in [0.05, 0.1) is 19.3 Å². The summed E-state index contributed by atoms with van der Waals surface area (Å²) >= 11 is 0. The molecule has 7 heteroatoms. The number of amides is 1. The van der Waals surface area contributed by atoms with Crippen LogP contribution in [0.2, 0.25) is 0 Å². The molecule has 0 bridgehead atoms. The van der Waals surface area contributed by atoms with E-state index in [1.807, 2.05) is 0 Å². The zero-order valence-corrected chi connectivity index (χ0v) is 13.4. The van der Waals surface area contributed by atoms with Gasteiger partial charge in [-0.15, -0.1) is 0 Å². The fourth-order valence-electron chi connectivity index (χ4n) is 2.14. The van der Waals surface area contributed by atoms with Crippen LogP contribution in [0.5, 0.6) is 0 Å². The lowest BCUT2D eigenvalue weighted by atomic mass is 10.1. The molecule has 1 unspecified atom stereocenters. The Kier molecular flexibility index (Phi) is 4.86. The van der Waals surface area contributed by atoms with E-state index >= 15 is 0 Å². The third kappa shape index (κ3) is 3.11. The number of rotatable bonds is 4. The number of esters is 2. The van der Waals surface area contributed by atoms with E-state index in [2.05, 4.69) is 0 Å². The first-order chi connectivity index (χ1) is 9.62. The molecule has 1 fully saturated rings. The first-order valence-electron chi connectivity index (χ1n) is 6.99. The van der Waals surface area contributed by atoms with E-state index in [0.29, 0.717) is 0 Å². The average molecular weight is 301 g/mol. The van der Waals surface area contributed by atoms with Crippen LogP contribution in [-0.2, 0) is 23.8 Å². The Morgan fingerprint density at radius 2 is 1.48 bits per heavy atom. The molecule has 120 valence electrons. The van der Waals surface area contributed by atoms with Crippen molar-refractivity contribution in [3.05, 3.63) is 0 Å². The fraction of sp³-hybridized carbons (Fsp3) is 0.786. The summed E-state index contributed by atoms with van der Waals surface area (Å²) in [6.45, 7) is 10.2. The number of hydrogen-bond donors (Lipinski definition) is 0. The number of nitrogens with zero attached hydrogens (tertiary/aromatic N) is 1. The summed E-state index contributed by atoms with van der Waals surface area (Å²) in [5, 5.41) is 0. The minimum absolute atomic E-state index is 0.106. The second-order valence-electron chi connectivity index (χ2n) is 5.73. The molecule has 0 radical (unpaired) electrons. The number of ether oxygens (including phenoxy) is 3. The minimum atomic E-state index is -1.73. The van der Waals surface area contributed by atoms with Crippen molar-refractivity contribution < 1.29 is 28.6 Å². The maximum Gasteiger partial charge on any atom is 0.412 e. The maximum atomic E-state index is 12.2. The van der Waals surface area contributed by atoms with Crippen molar-refractivity contribution >= 4 is 18.0 Å². The second kappa shape index (κ2) is 5.91. The van der Waals surface area contributed by atoms with Crippen molar-refractivity contribution in [1.29, 1.82) is 0 Å². The van der Waals surface area contributed by atoms with Crippen molar-refractivity contribution in [3.8, 4) is 0 Å². The highest BCUT2D eigenvalue weighted by Crippen LogP contribution is 2.44. The van der Waals surface area contributed by atoms with E-state index in [9.17, 15) is 14.4 Å². The van der Waals surface area contributed by atoms with Gasteiger partial charge in [0.25, 0.3) is 5.54 Å². The summed E-state index contributed by atoms with van der Waals surface area (Å²) in [5.41, 5.74) is -2.46. The van der Waals surface area contributed by atoms with Gasteiger partial charge in [-0.25, -0.2) is 14.4 Å². The van der Waals surface area contributed by atoms with Crippen LogP contribution in [0.1, 0.15) is 41.5 Å². The van der Waals surface area contributed by atoms with Gasteiger partial charge >= 0.3 is 18.0 Å². The van der Waals surface area contributed by atoms with E-state index in [1.54, 1.807) is 41.5 Å². The zero-order chi connectivity index (χ0) is 16.4. The molecular formula is C14H23NO6. The monoisotopic (exact) mass is 301 g/mol. The van der Waals surface area contributed by atoms with Gasteiger partial charge < -0.3 is 14.2 Å². The summed E-state index contributed by atoms with van der Waals surface area (Å²) in [7, 11) is 0. The lowest BCUT2D eigenvalue weighted by Crippen LogP contribution is -2.44. The second-order valence-corrected chi connectivity index (χ2v) is 5.73. The molecule has 1 heterocycles. The first-order valence-corrected chi connectivity index (χ1v) is 6.99. The molecule has 1 aliphatic heterocycles. The topological polar surface area (TPSA) is 81.9 Å². The third-order valence-corrected chi connectivity index (χ3v) is 3.07. The molecule has 0 aromatic heterocycles. The molecule has 0 spiro atoms. The Hall–Kier alpha value is -1.79. The predicted octanol–water partition coefficient (Wildman–Crippen LogP) is 1.49. The van der Waals surface area contributed by atoms with E-state index in [1.165, 1.54) is 0 Å².